The van der Waals surface area contributed by atoms with Gasteiger partial charge in [-0.3, -0.25) is 14.1 Å². The van der Waals surface area contributed by atoms with E-state index in [4.69, 9.17) is 32.5 Å². The fourth-order valence-corrected chi connectivity index (χ4v) is 1.84. The molecule has 0 aromatic heterocycles. The smallest absolute Gasteiger partial charge is 0.308 e. The van der Waals surface area contributed by atoms with Crippen LogP contribution in [0.25, 0.3) is 0 Å². The third-order valence-electron chi connectivity index (χ3n) is 1.45. The Kier molecular flexibility index (Phi) is 4.55. The molecule has 0 aliphatic heterocycles. The topological polar surface area (TPSA) is 75.6 Å². The van der Waals surface area contributed by atoms with E-state index in [1.54, 1.807) is 0 Å². The minimum Gasteiger partial charge on any atom is -0.424 e. The second-order valence-corrected chi connectivity index (χ2v) is 4.23. The lowest BCUT2D eigenvalue weighted by atomic mass is 10.3. The molecule has 5 nitrogen and oxygen atoms in total. The van der Waals surface area contributed by atoms with Gasteiger partial charge in [-0.05, 0) is 12.1 Å². The monoisotopic (exact) mass is 283 g/mol. The first-order valence-electron chi connectivity index (χ1n) is 3.95. The van der Waals surface area contributed by atoms with Crippen molar-refractivity contribution < 1.29 is 18.3 Å². The van der Waals surface area contributed by atoms with Crippen LogP contribution in [0.1, 0.15) is 6.92 Å². The quantitative estimate of drug-likeness (QED) is 0.508. The van der Waals surface area contributed by atoms with Gasteiger partial charge in [0.05, 0.1) is 15.7 Å². The van der Waals surface area contributed by atoms with Gasteiger partial charge in [-0.2, -0.15) is 0 Å². The summed E-state index contributed by atoms with van der Waals surface area (Å²) in [7, 11) is 0. The van der Waals surface area contributed by atoms with Gasteiger partial charge < -0.3 is 4.74 Å². The molecule has 1 unspecified atom stereocenters. The number of esters is 1. The average molecular weight is 284 g/mol. The SMILES string of the molecule is CC(=O)Oc1c(Cl)cc(NS(=O)O)cc1Cl. The summed E-state index contributed by atoms with van der Waals surface area (Å²) < 4.78 is 26.0. The molecule has 0 bridgehead atoms. The molecule has 0 spiro atoms. The van der Waals surface area contributed by atoms with E-state index in [1.165, 1.54) is 19.1 Å². The molecule has 1 rings (SSSR count). The molecule has 0 aliphatic rings. The molecular weight excluding hydrogens is 277 g/mol. The summed E-state index contributed by atoms with van der Waals surface area (Å²) in [6.07, 6.45) is 0. The standard InChI is InChI=1S/C8H7Cl2NO4S/c1-4(12)15-8-6(9)2-5(3-7(8)10)11-16(13)14/h2-3,11H,1H3,(H,13,14). The molecule has 0 saturated carbocycles. The molecule has 16 heavy (non-hydrogen) atoms. The third-order valence-corrected chi connectivity index (χ3v) is 2.42. The summed E-state index contributed by atoms with van der Waals surface area (Å²) in [6, 6.07) is 2.64. The predicted molar refractivity (Wildman–Crippen MR) is 62.2 cm³/mol. The summed E-state index contributed by atoms with van der Waals surface area (Å²) in [6.45, 7) is 1.21. The molecule has 0 amide bonds. The van der Waals surface area contributed by atoms with Crippen LogP contribution in [0.5, 0.6) is 5.75 Å². The van der Waals surface area contributed by atoms with E-state index >= 15 is 0 Å². The van der Waals surface area contributed by atoms with Crippen molar-refractivity contribution in [1.82, 2.24) is 0 Å². The molecule has 2 N–H and O–H groups in total. The first-order valence-corrected chi connectivity index (χ1v) is 5.81. The van der Waals surface area contributed by atoms with Crippen molar-refractivity contribution in [2.75, 3.05) is 4.72 Å². The number of benzene rings is 1. The Labute approximate surface area is 104 Å². The number of nitrogens with one attached hydrogen (secondary N) is 1. The number of carbonyl (C=O) groups excluding carboxylic acids is 1. The maximum absolute atomic E-state index is 10.7. The van der Waals surface area contributed by atoms with Crippen molar-refractivity contribution >= 4 is 46.1 Å². The zero-order valence-electron chi connectivity index (χ0n) is 7.99. The average Bonchev–Trinajstić information content (AvgIpc) is 2.10. The van der Waals surface area contributed by atoms with E-state index in [-0.39, 0.29) is 21.5 Å². The highest BCUT2D eigenvalue weighted by Crippen LogP contribution is 2.36. The highest BCUT2D eigenvalue weighted by atomic mass is 35.5. The Morgan fingerprint density at radius 2 is 1.94 bits per heavy atom. The Hall–Kier alpha value is -0.820. The fourth-order valence-electron chi connectivity index (χ4n) is 0.961. The van der Waals surface area contributed by atoms with Gasteiger partial charge in [-0.1, -0.05) is 23.2 Å². The van der Waals surface area contributed by atoms with Crippen molar-refractivity contribution in [3.05, 3.63) is 22.2 Å². The minimum absolute atomic E-state index is 0.0186. The van der Waals surface area contributed by atoms with Crippen molar-refractivity contribution in [1.29, 1.82) is 0 Å². The lowest BCUT2D eigenvalue weighted by Crippen LogP contribution is -2.05. The van der Waals surface area contributed by atoms with Crippen LogP contribution < -0.4 is 9.46 Å². The molecule has 1 aromatic carbocycles. The van der Waals surface area contributed by atoms with Crippen molar-refractivity contribution in [2.45, 2.75) is 6.92 Å². The maximum Gasteiger partial charge on any atom is 0.308 e. The van der Waals surface area contributed by atoms with E-state index in [1.807, 2.05) is 0 Å². The van der Waals surface area contributed by atoms with Gasteiger partial charge in [0.25, 0.3) is 11.3 Å². The highest BCUT2D eigenvalue weighted by molar-refractivity contribution is 7.80. The molecule has 0 radical (unpaired) electrons. The Bertz CT molecular complexity index is 429. The van der Waals surface area contributed by atoms with Crippen LogP contribution in [-0.2, 0) is 16.1 Å². The van der Waals surface area contributed by atoms with Crippen LogP contribution in [0.3, 0.4) is 0 Å². The first-order chi connectivity index (χ1) is 7.40. The minimum atomic E-state index is -2.23. The van der Waals surface area contributed by atoms with E-state index in [0.29, 0.717) is 0 Å². The molecule has 8 heteroatoms. The molecule has 0 heterocycles. The molecule has 0 saturated heterocycles. The molecular formula is C8H7Cl2NO4S. The Balaban J connectivity index is 3.06. The van der Waals surface area contributed by atoms with E-state index in [9.17, 15) is 9.00 Å². The van der Waals surface area contributed by atoms with E-state index in [2.05, 4.69) is 4.72 Å². The largest absolute Gasteiger partial charge is 0.424 e. The van der Waals surface area contributed by atoms with Gasteiger partial charge in [-0.25, -0.2) is 4.21 Å². The molecule has 88 valence electrons. The van der Waals surface area contributed by atoms with Crippen molar-refractivity contribution in [3.63, 3.8) is 0 Å². The lowest BCUT2D eigenvalue weighted by Gasteiger charge is -2.08. The number of hydrogen-bond acceptors (Lipinski definition) is 3. The van der Waals surface area contributed by atoms with Crippen molar-refractivity contribution in [3.8, 4) is 5.75 Å². The normalized spacial score (nSPS) is 12.0. The van der Waals surface area contributed by atoms with Gasteiger partial charge in [0, 0.05) is 6.92 Å². The zero-order valence-corrected chi connectivity index (χ0v) is 10.3. The van der Waals surface area contributed by atoms with Crippen LogP contribution in [0, 0.1) is 0 Å². The van der Waals surface area contributed by atoms with Crippen LogP contribution in [-0.4, -0.2) is 14.7 Å². The molecule has 0 aliphatic carbocycles. The summed E-state index contributed by atoms with van der Waals surface area (Å²) in [5.41, 5.74) is 0.242. The summed E-state index contributed by atoms with van der Waals surface area (Å²) in [5.74, 6) is -0.541. The zero-order chi connectivity index (χ0) is 12.3. The van der Waals surface area contributed by atoms with Gasteiger partial charge >= 0.3 is 5.97 Å². The third kappa shape index (κ3) is 3.64. The van der Waals surface area contributed by atoms with Gasteiger partial charge in [-0.15, -0.1) is 0 Å². The van der Waals surface area contributed by atoms with Crippen LogP contribution in [0.15, 0.2) is 12.1 Å². The fraction of sp³-hybridized carbons (Fsp3) is 0.125. The number of rotatable bonds is 3. The van der Waals surface area contributed by atoms with Gasteiger partial charge in [0.15, 0.2) is 5.75 Å². The summed E-state index contributed by atoms with van der Waals surface area (Å²) in [5, 5.41) is 0.131. The second-order valence-electron chi connectivity index (χ2n) is 2.71. The van der Waals surface area contributed by atoms with Crippen LogP contribution in [0.2, 0.25) is 10.0 Å². The Morgan fingerprint density at radius 3 is 2.31 bits per heavy atom. The number of ether oxygens (including phenoxy) is 1. The summed E-state index contributed by atoms with van der Waals surface area (Å²) in [4.78, 5) is 10.7. The van der Waals surface area contributed by atoms with Crippen molar-refractivity contribution in [2.24, 2.45) is 0 Å². The van der Waals surface area contributed by atoms with Gasteiger partial charge in [0.2, 0.25) is 0 Å². The number of carbonyl (C=O) groups is 1. The highest BCUT2D eigenvalue weighted by Gasteiger charge is 2.12. The molecule has 1 atom stereocenters. The molecule has 0 fully saturated rings. The number of hydrogen-bond donors (Lipinski definition) is 2. The second kappa shape index (κ2) is 5.49. The maximum atomic E-state index is 10.7. The Morgan fingerprint density at radius 1 is 1.44 bits per heavy atom. The predicted octanol–water partition coefficient (Wildman–Crippen LogP) is 2.47. The summed E-state index contributed by atoms with van der Waals surface area (Å²) >= 11 is 9.33. The molecule has 1 aromatic rings. The van der Waals surface area contributed by atoms with E-state index in [0.717, 1.165) is 0 Å². The van der Waals surface area contributed by atoms with Crippen LogP contribution in [0.4, 0.5) is 5.69 Å². The lowest BCUT2D eigenvalue weighted by molar-refractivity contribution is -0.131. The van der Waals surface area contributed by atoms with Crippen LogP contribution >= 0.6 is 23.2 Å². The number of halogens is 2. The van der Waals surface area contributed by atoms with Gasteiger partial charge in [0.1, 0.15) is 0 Å². The first kappa shape index (κ1) is 13.2. The number of anilines is 1. The van der Waals surface area contributed by atoms with E-state index < -0.39 is 17.2 Å².